The molecule has 2 atom stereocenters. The minimum Gasteiger partial charge on any atom is -0.388 e. The minimum atomic E-state index is -0.553. The Bertz CT molecular complexity index is 555. The molecule has 0 fully saturated rings. The molecule has 118 valence electrons. The number of imidazole rings is 1. The number of hydrogen-bond donors (Lipinski definition) is 2. The zero-order chi connectivity index (χ0) is 15.8. The molecular formula is C17H23N3O2. The highest BCUT2D eigenvalue weighted by atomic mass is 16.3. The van der Waals surface area contributed by atoms with Gasteiger partial charge in [-0.05, 0) is 25.3 Å². The van der Waals surface area contributed by atoms with E-state index in [0.717, 1.165) is 18.5 Å². The standard InChI is InChI=1S/C17H23N3O2/c1-14(12-16(21)15-6-3-2-4-7-15)19-17(22)8-5-10-20-11-9-18-13-20/h2-4,6-7,9,11,13-14,16,21H,5,8,10,12H2,1H3,(H,19,22). The van der Waals surface area contributed by atoms with Crippen LogP contribution in [0.3, 0.4) is 0 Å². The maximum Gasteiger partial charge on any atom is 0.220 e. The van der Waals surface area contributed by atoms with Gasteiger partial charge in [0.15, 0.2) is 0 Å². The third-order valence-electron chi connectivity index (χ3n) is 3.55. The molecule has 0 aliphatic carbocycles. The molecule has 0 saturated heterocycles. The third kappa shape index (κ3) is 5.33. The van der Waals surface area contributed by atoms with E-state index in [2.05, 4.69) is 10.3 Å². The quantitative estimate of drug-likeness (QED) is 0.786. The maximum absolute atomic E-state index is 11.9. The average molecular weight is 301 g/mol. The highest BCUT2D eigenvalue weighted by Crippen LogP contribution is 2.17. The van der Waals surface area contributed by atoms with Crippen LogP contribution in [-0.4, -0.2) is 26.6 Å². The van der Waals surface area contributed by atoms with Gasteiger partial charge in [-0.15, -0.1) is 0 Å². The van der Waals surface area contributed by atoms with Gasteiger partial charge in [-0.1, -0.05) is 30.3 Å². The molecule has 1 heterocycles. The molecule has 0 aliphatic heterocycles. The van der Waals surface area contributed by atoms with Gasteiger partial charge >= 0.3 is 0 Å². The molecule has 1 amide bonds. The van der Waals surface area contributed by atoms with Crippen LogP contribution in [0.2, 0.25) is 0 Å². The number of aromatic nitrogens is 2. The average Bonchev–Trinajstić information content (AvgIpc) is 3.01. The van der Waals surface area contributed by atoms with Crippen LogP contribution in [0.15, 0.2) is 49.1 Å². The van der Waals surface area contributed by atoms with Crippen LogP contribution >= 0.6 is 0 Å². The summed E-state index contributed by atoms with van der Waals surface area (Å²) in [5.74, 6) is 0.0212. The molecule has 0 saturated carbocycles. The van der Waals surface area contributed by atoms with Crippen molar-refractivity contribution in [2.24, 2.45) is 0 Å². The summed E-state index contributed by atoms with van der Waals surface area (Å²) in [5.41, 5.74) is 0.878. The number of rotatable bonds is 8. The predicted molar refractivity (Wildman–Crippen MR) is 85.1 cm³/mol. The second kappa shape index (κ2) is 8.34. The highest BCUT2D eigenvalue weighted by Gasteiger charge is 2.14. The summed E-state index contributed by atoms with van der Waals surface area (Å²) in [6.07, 6.45) is 6.57. The number of aliphatic hydroxyl groups is 1. The Morgan fingerprint density at radius 2 is 2.14 bits per heavy atom. The minimum absolute atomic E-state index is 0.0212. The van der Waals surface area contributed by atoms with Crippen molar-refractivity contribution in [3.63, 3.8) is 0 Å². The molecule has 2 rings (SSSR count). The van der Waals surface area contributed by atoms with Gasteiger partial charge in [-0.3, -0.25) is 4.79 Å². The molecule has 0 aliphatic rings. The van der Waals surface area contributed by atoms with Crippen molar-refractivity contribution in [2.45, 2.75) is 44.9 Å². The van der Waals surface area contributed by atoms with E-state index in [-0.39, 0.29) is 11.9 Å². The van der Waals surface area contributed by atoms with Gasteiger partial charge in [0.25, 0.3) is 0 Å². The van der Waals surface area contributed by atoms with Gasteiger partial charge in [0, 0.05) is 31.4 Å². The van der Waals surface area contributed by atoms with E-state index in [0.29, 0.717) is 12.8 Å². The maximum atomic E-state index is 11.9. The number of hydrogen-bond acceptors (Lipinski definition) is 3. The van der Waals surface area contributed by atoms with Crippen molar-refractivity contribution >= 4 is 5.91 Å². The zero-order valence-electron chi connectivity index (χ0n) is 12.9. The fraction of sp³-hybridized carbons (Fsp3) is 0.412. The first kappa shape index (κ1) is 16.2. The lowest BCUT2D eigenvalue weighted by Crippen LogP contribution is -2.33. The van der Waals surface area contributed by atoms with E-state index >= 15 is 0 Å². The Morgan fingerprint density at radius 1 is 1.36 bits per heavy atom. The second-order valence-electron chi connectivity index (χ2n) is 5.53. The first-order valence-corrected chi connectivity index (χ1v) is 7.63. The van der Waals surface area contributed by atoms with Crippen LogP contribution in [0, 0.1) is 0 Å². The Balaban J connectivity index is 1.67. The van der Waals surface area contributed by atoms with Crippen LogP contribution in [0.5, 0.6) is 0 Å². The first-order valence-electron chi connectivity index (χ1n) is 7.63. The van der Waals surface area contributed by atoms with E-state index in [1.54, 1.807) is 12.5 Å². The van der Waals surface area contributed by atoms with Gasteiger partial charge < -0.3 is 15.0 Å². The molecule has 0 bridgehead atoms. The predicted octanol–water partition coefficient (Wildman–Crippen LogP) is 2.29. The second-order valence-corrected chi connectivity index (χ2v) is 5.53. The number of carbonyl (C=O) groups is 1. The Kier molecular flexibility index (Phi) is 6.15. The Hall–Kier alpha value is -2.14. The molecule has 2 N–H and O–H groups in total. The van der Waals surface area contributed by atoms with Crippen LogP contribution < -0.4 is 5.32 Å². The van der Waals surface area contributed by atoms with Crippen molar-refractivity contribution in [2.75, 3.05) is 0 Å². The fourth-order valence-electron chi connectivity index (χ4n) is 2.39. The van der Waals surface area contributed by atoms with Crippen molar-refractivity contribution in [3.8, 4) is 0 Å². The van der Waals surface area contributed by atoms with Crippen LogP contribution in [0.1, 0.15) is 37.9 Å². The van der Waals surface area contributed by atoms with E-state index in [1.807, 2.05) is 48.0 Å². The summed E-state index contributed by atoms with van der Waals surface area (Å²) < 4.78 is 1.95. The number of aryl methyl sites for hydroxylation is 1. The van der Waals surface area contributed by atoms with Crippen LogP contribution in [0.4, 0.5) is 0 Å². The number of carbonyl (C=O) groups excluding carboxylic acids is 1. The molecule has 0 radical (unpaired) electrons. The van der Waals surface area contributed by atoms with E-state index in [4.69, 9.17) is 0 Å². The Labute approximate surface area is 131 Å². The SMILES string of the molecule is CC(CC(O)c1ccccc1)NC(=O)CCCn1ccnc1. The lowest BCUT2D eigenvalue weighted by molar-refractivity contribution is -0.122. The summed E-state index contributed by atoms with van der Waals surface area (Å²) in [5, 5.41) is 13.1. The van der Waals surface area contributed by atoms with E-state index in [9.17, 15) is 9.90 Å². The Morgan fingerprint density at radius 3 is 2.82 bits per heavy atom. The molecule has 1 aromatic heterocycles. The first-order chi connectivity index (χ1) is 10.6. The number of aliphatic hydroxyl groups excluding tert-OH is 1. The van der Waals surface area contributed by atoms with Crippen LogP contribution in [-0.2, 0) is 11.3 Å². The number of amides is 1. The normalized spacial score (nSPS) is 13.5. The smallest absolute Gasteiger partial charge is 0.220 e. The molecule has 22 heavy (non-hydrogen) atoms. The summed E-state index contributed by atoms with van der Waals surface area (Å²) in [6.45, 7) is 2.70. The van der Waals surface area contributed by atoms with Crippen molar-refractivity contribution in [3.05, 3.63) is 54.6 Å². The molecule has 2 aromatic rings. The number of nitrogens with zero attached hydrogens (tertiary/aromatic N) is 2. The number of benzene rings is 1. The molecule has 1 aromatic carbocycles. The van der Waals surface area contributed by atoms with Crippen molar-refractivity contribution < 1.29 is 9.90 Å². The summed E-state index contributed by atoms with van der Waals surface area (Å²) in [4.78, 5) is 15.8. The third-order valence-corrected chi connectivity index (χ3v) is 3.55. The largest absolute Gasteiger partial charge is 0.388 e. The molecule has 0 spiro atoms. The van der Waals surface area contributed by atoms with Gasteiger partial charge in [-0.25, -0.2) is 4.98 Å². The van der Waals surface area contributed by atoms with Gasteiger partial charge in [0.05, 0.1) is 12.4 Å². The molecule has 5 nitrogen and oxygen atoms in total. The zero-order valence-corrected chi connectivity index (χ0v) is 12.9. The molecule has 2 unspecified atom stereocenters. The van der Waals surface area contributed by atoms with Gasteiger partial charge in [0.1, 0.15) is 0 Å². The summed E-state index contributed by atoms with van der Waals surface area (Å²) in [7, 11) is 0. The highest BCUT2D eigenvalue weighted by molar-refractivity contribution is 5.76. The van der Waals surface area contributed by atoms with Gasteiger partial charge in [0.2, 0.25) is 5.91 Å². The van der Waals surface area contributed by atoms with Crippen molar-refractivity contribution in [1.82, 2.24) is 14.9 Å². The summed E-state index contributed by atoms with van der Waals surface area (Å²) >= 11 is 0. The molecule has 5 heteroatoms. The van der Waals surface area contributed by atoms with Crippen LogP contribution in [0.25, 0.3) is 0 Å². The van der Waals surface area contributed by atoms with E-state index in [1.165, 1.54) is 0 Å². The number of nitrogens with one attached hydrogen (secondary N) is 1. The lowest BCUT2D eigenvalue weighted by Gasteiger charge is -2.18. The lowest BCUT2D eigenvalue weighted by atomic mass is 10.0. The topological polar surface area (TPSA) is 67.2 Å². The summed E-state index contributed by atoms with van der Waals surface area (Å²) in [6, 6.07) is 9.45. The molecular weight excluding hydrogens is 278 g/mol. The van der Waals surface area contributed by atoms with E-state index < -0.39 is 6.10 Å². The van der Waals surface area contributed by atoms with Crippen molar-refractivity contribution in [1.29, 1.82) is 0 Å². The monoisotopic (exact) mass is 301 g/mol. The van der Waals surface area contributed by atoms with Gasteiger partial charge in [-0.2, -0.15) is 0 Å². The fourth-order valence-corrected chi connectivity index (χ4v) is 2.39.